The van der Waals surface area contributed by atoms with Crippen molar-refractivity contribution >= 4 is 35.1 Å². The summed E-state index contributed by atoms with van der Waals surface area (Å²) in [4.78, 5) is 41.8. The molecule has 1 heterocycles. The molecule has 1 fully saturated rings. The summed E-state index contributed by atoms with van der Waals surface area (Å²) < 4.78 is 5.38. The van der Waals surface area contributed by atoms with E-state index in [9.17, 15) is 14.4 Å². The van der Waals surface area contributed by atoms with E-state index < -0.39 is 23.8 Å². The van der Waals surface area contributed by atoms with Crippen LogP contribution in [0.2, 0.25) is 5.02 Å². The predicted octanol–water partition coefficient (Wildman–Crippen LogP) is 4.05. The molecule has 0 spiro atoms. The number of amides is 2. The minimum Gasteiger partial charge on any atom is -0.466 e. The Hall–Kier alpha value is -2.38. The number of fused-ring (bicyclic) bond motifs is 1. The molecule has 0 radical (unpaired) electrons. The summed E-state index contributed by atoms with van der Waals surface area (Å²) in [5.74, 6) is -2.56. The van der Waals surface area contributed by atoms with Crippen molar-refractivity contribution in [3.63, 3.8) is 0 Å². The Bertz CT molecular complexity index is 888. The molecule has 0 unspecified atom stereocenters. The van der Waals surface area contributed by atoms with E-state index in [4.69, 9.17) is 21.4 Å². The van der Waals surface area contributed by atoms with Gasteiger partial charge in [-0.3, -0.25) is 14.4 Å². The Morgan fingerprint density at radius 2 is 1.85 bits per heavy atom. The summed E-state index contributed by atoms with van der Waals surface area (Å²) in [6, 6.07) is 6.10. The van der Waals surface area contributed by atoms with E-state index in [0.29, 0.717) is 30.1 Å². The molecule has 0 aromatic heterocycles. The number of carbonyl (C=O) groups excluding carboxylic acids is 3. The topological polar surface area (TPSA) is 95.9 Å². The van der Waals surface area contributed by atoms with Gasteiger partial charge in [-0.25, -0.2) is 0 Å². The van der Waals surface area contributed by atoms with E-state index in [1.165, 1.54) is 0 Å². The van der Waals surface area contributed by atoms with E-state index in [1.54, 1.807) is 36.1 Å². The number of anilines is 1. The molecule has 0 saturated carbocycles. The fourth-order valence-corrected chi connectivity index (χ4v) is 5.35. The van der Waals surface area contributed by atoms with Gasteiger partial charge in [-0.15, -0.1) is 0 Å². The van der Waals surface area contributed by atoms with Crippen LogP contribution >= 0.6 is 11.6 Å². The summed E-state index contributed by atoms with van der Waals surface area (Å²) in [5, 5.41) is 12.6. The number of hydrogen-bond acceptors (Lipinski definition) is 5. The van der Waals surface area contributed by atoms with Gasteiger partial charge in [0, 0.05) is 29.8 Å². The third kappa shape index (κ3) is 5.81. The molecule has 2 amide bonds. The zero-order valence-electron chi connectivity index (χ0n) is 19.9. The number of carbonyl (C=O) groups is 3. The number of rotatable bonds is 11. The predicted molar refractivity (Wildman–Crippen MR) is 131 cm³/mol. The first-order chi connectivity index (χ1) is 16.4. The van der Waals surface area contributed by atoms with Crippen LogP contribution in [0.3, 0.4) is 0 Å². The van der Waals surface area contributed by atoms with Gasteiger partial charge in [0.15, 0.2) is 0 Å². The fourth-order valence-electron chi connectivity index (χ4n) is 5.23. The summed E-state index contributed by atoms with van der Waals surface area (Å²) >= 11 is 5.97. The first-order valence-electron chi connectivity index (χ1n) is 12.3. The summed E-state index contributed by atoms with van der Waals surface area (Å²) in [6.45, 7) is 4.54. The average molecular weight is 491 g/mol. The Balaban J connectivity index is 1.92. The summed E-state index contributed by atoms with van der Waals surface area (Å²) in [7, 11) is 0. The second-order valence-electron chi connectivity index (χ2n) is 8.98. The Labute approximate surface area is 206 Å². The SMILES string of the molecule is CCC[C@@H]1C=C[C@H]2[C@@H](C(=O)N(CCCCCO)[C@@H]2C(=O)Nc2ccc(Cl)cc2)[C@@H]1C(=O)OCC. The molecule has 1 saturated heterocycles. The van der Waals surface area contributed by atoms with Crippen molar-refractivity contribution in [3.05, 3.63) is 41.4 Å². The van der Waals surface area contributed by atoms with Gasteiger partial charge in [0.25, 0.3) is 0 Å². The number of ether oxygens (including phenoxy) is 1. The molecule has 186 valence electrons. The summed E-state index contributed by atoms with van der Waals surface area (Å²) in [6.07, 6.45) is 7.66. The number of nitrogens with zero attached hydrogens (tertiary/aromatic N) is 1. The summed E-state index contributed by atoms with van der Waals surface area (Å²) in [5.41, 5.74) is 0.594. The number of nitrogens with one attached hydrogen (secondary N) is 1. The van der Waals surface area contributed by atoms with Crippen molar-refractivity contribution in [1.82, 2.24) is 4.90 Å². The highest BCUT2D eigenvalue weighted by molar-refractivity contribution is 6.30. The Morgan fingerprint density at radius 3 is 2.50 bits per heavy atom. The maximum Gasteiger partial charge on any atom is 0.310 e. The quantitative estimate of drug-likeness (QED) is 0.277. The van der Waals surface area contributed by atoms with Gasteiger partial charge in [0.2, 0.25) is 11.8 Å². The lowest BCUT2D eigenvalue weighted by molar-refractivity contribution is -0.155. The molecule has 2 aliphatic rings. The fraction of sp³-hybridized carbons (Fsp3) is 0.577. The van der Waals surface area contributed by atoms with Gasteiger partial charge in [0.1, 0.15) is 6.04 Å². The normalized spacial score (nSPS) is 25.8. The Kier molecular flexibility index (Phi) is 9.54. The van der Waals surface area contributed by atoms with Crippen LogP contribution in [0.15, 0.2) is 36.4 Å². The second-order valence-corrected chi connectivity index (χ2v) is 9.41. The maximum atomic E-state index is 13.7. The van der Waals surface area contributed by atoms with Crippen LogP contribution in [0.4, 0.5) is 5.69 Å². The van der Waals surface area contributed by atoms with Crippen LogP contribution in [-0.2, 0) is 19.1 Å². The molecule has 8 heteroatoms. The van der Waals surface area contributed by atoms with E-state index in [2.05, 4.69) is 12.2 Å². The second kappa shape index (κ2) is 12.4. The van der Waals surface area contributed by atoms with Crippen molar-refractivity contribution < 1.29 is 24.2 Å². The number of esters is 1. The van der Waals surface area contributed by atoms with Crippen LogP contribution in [0, 0.1) is 23.7 Å². The molecular formula is C26H35ClN2O5. The van der Waals surface area contributed by atoms with Crippen molar-refractivity contribution in [2.45, 2.75) is 52.0 Å². The lowest BCUT2D eigenvalue weighted by Gasteiger charge is -2.33. The number of aliphatic hydroxyl groups is 1. The largest absolute Gasteiger partial charge is 0.466 e. The molecule has 1 aromatic carbocycles. The van der Waals surface area contributed by atoms with Gasteiger partial charge in [0.05, 0.1) is 18.4 Å². The van der Waals surface area contributed by atoms with Crippen molar-refractivity contribution in [1.29, 1.82) is 0 Å². The minimum absolute atomic E-state index is 0.0893. The maximum absolute atomic E-state index is 13.7. The first-order valence-corrected chi connectivity index (χ1v) is 12.6. The van der Waals surface area contributed by atoms with E-state index in [-0.39, 0.29) is 36.9 Å². The lowest BCUT2D eigenvalue weighted by Crippen LogP contribution is -2.44. The molecule has 34 heavy (non-hydrogen) atoms. The standard InChI is InChI=1S/C26H35ClN2O5/c1-3-8-17-9-14-20-22(21(17)26(33)34-4-2)25(32)29(15-6-5-7-16-30)23(20)24(31)28-19-12-10-18(27)11-13-19/h9-14,17,20-23,30H,3-8,15-16H2,1-2H3,(H,28,31)/t17-,20+,21-,22-,23+/m1/s1. The highest BCUT2D eigenvalue weighted by Gasteiger charge is 2.57. The average Bonchev–Trinajstić information content (AvgIpc) is 3.10. The molecular weight excluding hydrogens is 456 g/mol. The third-order valence-corrected chi connectivity index (χ3v) is 6.98. The van der Waals surface area contributed by atoms with Gasteiger partial charge >= 0.3 is 5.97 Å². The monoisotopic (exact) mass is 490 g/mol. The number of hydrogen-bond donors (Lipinski definition) is 2. The van der Waals surface area contributed by atoms with E-state index in [0.717, 1.165) is 19.3 Å². The molecule has 1 aliphatic heterocycles. The Morgan fingerprint density at radius 1 is 1.12 bits per heavy atom. The number of aliphatic hydroxyl groups excluding tert-OH is 1. The minimum atomic E-state index is -0.724. The number of likely N-dealkylation sites (tertiary alicyclic amines) is 1. The van der Waals surface area contributed by atoms with Crippen molar-refractivity contribution in [2.75, 3.05) is 25.1 Å². The highest BCUT2D eigenvalue weighted by atomic mass is 35.5. The molecule has 2 N–H and O–H groups in total. The van der Waals surface area contributed by atoms with Crippen LogP contribution in [-0.4, -0.2) is 53.6 Å². The number of allylic oxidation sites excluding steroid dienone is 1. The smallest absolute Gasteiger partial charge is 0.310 e. The molecule has 1 aliphatic carbocycles. The number of unbranched alkanes of at least 4 members (excludes halogenated alkanes) is 2. The van der Waals surface area contributed by atoms with E-state index in [1.807, 2.05) is 12.2 Å². The molecule has 7 nitrogen and oxygen atoms in total. The van der Waals surface area contributed by atoms with Crippen molar-refractivity contribution in [3.8, 4) is 0 Å². The van der Waals surface area contributed by atoms with Crippen molar-refractivity contribution in [2.24, 2.45) is 23.7 Å². The lowest BCUT2D eigenvalue weighted by atomic mass is 9.69. The number of halogens is 1. The molecule has 3 rings (SSSR count). The van der Waals surface area contributed by atoms with Crippen LogP contribution < -0.4 is 5.32 Å². The van der Waals surface area contributed by atoms with Gasteiger partial charge < -0.3 is 20.1 Å². The molecule has 0 bridgehead atoms. The molecule has 1 aromatic rings. The van der Waals surface area contributed by atoms with Crippen LogP contribution in [0.1, 0.15) is 46.0 Å². The molecule has 5 atom stereocenters. The van der Waals surface area contributed by atoms with Crippen LogP contribution in [0.5, 0.6) is 0 Å². The van der Waals surface area contributed by atoms with Gasteiger partial charge in [-0.05, 0) is 62.8 Å². The highest BCUT2D eigenvalue weighted by Crippen LogP contribution is 2.46. The van der Waals surface area contributed by atoms with E-state index >= 15 is 0 Å². The zero-order valence-corrected chi connectivity index (χ0v) is 20.7. The van der Waals surface area contributed by atoms with Gasteiger partial charge in [-0.2, -0.15) is 0 Å². The third-order valence-electron chi connectivity index (χ3n) is 6.73. The first kappa shape index (κ1) is 26.2. The zero-order chi connectivity index (χ0) is 24.7. The number of benzene rings is 1. The van der Waals surface area contributed by atoms with Crippen LogP contribution in [0.25, 0.3) is 0 Å². The van der Waals surface area contributed by atoms with Gasteiger partial charge in [-0.1, -0.05) is 37.1 Å².